The van der Waals surface area contributed by atoms with Crippen molar-refractivity contribution < 1.29 is 4.79 Å². The Morgan fingerprint density at radius 1 is 1.43 bits per heavy atom. The van der Waals surface area contributed by atoms with E-state index in [1.807, 2.05) is 6.08 Å². The second-order valence-corrected chi connectivity index (χ2v) is 7.82. The molecule has 1 fully saturated rings. The largest absolute Gasteiger partial charge is 0.369 e. The molecule has 1 saturated heterocycles. The number of likely N-dealkylation sites (tertiary alicyclic amines) is 1. The van der Waals surface area contributed by atoms with Gasteiger partial charge in [-0.1, -0.05) is 30.3 Å². The lowest BCUT2D eigenvalue weighted by atomic mass is 9.97. The van der Waals surface area contributed by atoms with Crippen molar-refractivity contribution in [1.29, 1.82) is 0 Å². The highest BCUT2D eigenvalue weighted by Gasteiger charge is 2.23. The molecule has 1 unspecified atom stereocenters. The highest BCUT2D eigenvalue weighted by atomic mass is 127. The van der Waals surface area contributed by atoms with Crippen molar-refractivity contribution in [2.75, 3.05) is 33.2 Å². The molecule has 30 heavy (non-hydrogen) atoms. The van der Waals surface area contributed by atoms with Gasteiger partial charge in [-0.25, -0.2) is 4.99 Å². The molecule has 7 heteroatoms. The molecule has 0 spiro atoms. The lowest BCUT2D eigenvalue weighted by Crippen LogP contribution is -2.40. The molecule has 0 aromatic heterocycles. The molecule has 168 valence electrons. The summed E-state index contributed by atoms with van der Waals surface area (Å²) < 4.78 is 0. The predicted molar refractivity (Wildman–Crippen MR) is 136 cm³/mol. The number of rotatable bonds is 10. The van der Waals surface area contributed by atoms with Gasteiger partial charge in [0.1, 0.15) is 0 Å². The minimum atomic E-state index is -0.175. The molecular formula is C23H38IN5O. The van der Waals surface area contributed by atoms with Crippen LogP contribution < -0.4 is 11.1 Å². The molecule has 1 aromatic carbocycles. The molecule has 2 rings (SSSR count). The number of carbonyl (C=O) groups excluding carboxylic acids is 1. The highest BCUT2D eigenvalue weighted by molar-refractivity contribution is 14.0. The Bertz CT molecular complexity index is 694. The molecule has 0 saturated carbocycles. The Morgan fingerprint density at radius 2 is 2.20 bits per heavy atom. The third kappa shape index (κ3) is 9.04. The van der Waals surface area contributed by atoms with Crippen LogP contribution in [0.25, 0.3) is 0 Å². The quantitative estimate of drug-likeness (QED) is 0.161. The Kier molecular flexibility index (Phi) is 12.7. The van der Waals surface area contributed by atoms with E-state index in [-0.39, 0.29) is 35.8 Å². The number of nitrogens with zero attached hydrogens (tertiary/aromatic N) is 3. The smallest absolute Gasteiger partial charge is 0.221 e. The van der Waals surface area contributed by atoms with Crippen molar-refractivity contribution >= 4 is 35.8 Å². The zero-order valence-corrected chi connectivity index (χ0v) is 20.8. The Balaban J connectivity index is 0.00000450. The summed E-state index contributed by atoms with van der Waals surface area (Å²) in [6, 6.07) is 8.58. The van der Waals surface area contributed by atoms with E-state index in [4.69, 9.17) is 10.7 Å². The summed E-state index contributed by atoms with van der Waals surface area (Å²) in [7, 11) is 2.08. The monoisotopic (exact) mass is 527 g/mol. The summed E-state index contributed by atoms with van der Waals surface area (Å²) in [6.07, 6.45) is 5.98. The van der Waals surface area contributed by atoms with E-state index >= 15 is 0 Å². The third-order valence-electron chi connectivity index (χ3n) is 5.32. The molecule has 1 amide bonds. The van der Waals surface area contributed by atoms with Crippen LogP contribution in [0.15, 0.2) is 41.9 Å². The first kappa shape index (κ1) is 26.4. The van der Waals surface area contributed by atoms with Crippen molar-refractivity contribution in [1.82, 2.24) is 15.1 Å². The van der Waals surface area contributed by atoms with Crippen LogP contribution >= 0.6 is 24.0 Å². The van der Waals surface area contributed by atoms with E-state index in [1.54, 1.807) is 0 Å². The number of piperidine rings is 1. The van der Waals surface area contributed by atoms with Gasteiger partial charge in [0.05, 0.1) is 12.5 Å². The fourth-order valence-electron chi connectivity index (χ4n) is 3.73. The van der Waals surface area contributed by atoms with E-state index in [0.29, 0.717) is 6.54 Å². The normalized spacial score (nSPS) is 17.1. The van der Waals surface area contributed by atoms with Gasteiger partial charge in [-0.05, 0) is 50.3 Å². The zero-order chi connectivity index (χ0) is 21.1. The molecular weight excluding hydrogens is 489 g/mol. The van der Waals surface area contributed by atoms with Crippen molar-refractivity contribution in [2.45, 2.75) is 45.7 Å². The first-order valence-corrected chi connectivity index (χ1v) is 10.7. The van der Waals surface area contributed by atoms with Gasteiger partial charge in [0.25, 0.3) is 0 Å². The standard InChI is InChI=1S/C23H37N5O.HI/c1-4-6-7-13-27(3)23(25-5-2)26-16-19-10-8-11-20(15-19)17-28-14-9-12-21(18-28)22(24)29;/h4,8,10-11,15,21H,1,5-7,9,12-14,16-18H2,2-3H3,(H2,24,29)(H,25,26);1H. The fourth-order valence-corrected chi connectivity index (χ4v) is 3.73. The van der Waals surface area contributed by atoms with Gasteiger partial charge in [-0.3, -0.25) is 9.69 Å². The first-order valence-electron chi connectivity index (χ1n) is 10.7. The van der Waals surface area contributed by atoms with Crippen LogP contribution in [0.3, 0.4) is 0 Å². The molecule has 1 aliphatic rings. The van der Waals surface area contributed by atoms with E-state index in [0.717, 1.165) is 64.4 Å². The van der Waals surface area contributed by atoms with Crippen molar-refractivity contribution in [3.63, 3.8) is 0 Å². The van der Waals surface area contributed by atoms with Crippen LogP contribution in [0, 0.1) is 5.92 Å². The molecule has 3 N–H and O–H groups in total. The maximum absolute atomic E-state index is 11.5. The molecule has 0 bridgehead atoms. The zero-order valence-electron chi connectivity index (χ0n) is 18.5. The van der Waals surface area contributed by atoms with Gasteiger partial charge in [0, 0.05) is 33.2 Å². The number of halogens is 1. The van der Waals surface area contributed by atoms with Crippen LogP contribution in [-0.4, -0.2) is 54.9 Å². The summed E-state index contributed by atoms with van der Waals surface area (Å²) in [6.45, 7) is 11.0. The average Bonchev–Trinajstić information content (AvgIpc) is 2.71. The number of primary amides is 1. The van der Waals surface area contributed by atoms with E-state index < -0.39 is 0 Å². The molecule has 1 aliphatic heterocycles. The Labute approximate surface area is 199 Å². The van der Waals surface area contributed by atoms with Crippen LogP contribution in [0.5, 0.6) is 0 Å². The lowest BCUT2D eigenvalue weighted by Gasteiger charge is -2.31. The van der Waals surface area contributed by atoms with Crippen LogP contribution in [0.4, 0.5) is 0 Å². The van der Waals surface area contributed by atoms with Gasteiger partial charge in [0.15, 0.2) is 5.96 Å². The highest BCUT2D eigenvalue weighted by Crippen LogP contribution is 2.19. The van der Waals surface area contributed by atoms with Gasteiger partial charge >= 0.3 is 0 Å². The molecule has 1 atom stereocenters. The third-order valence-corrected chi connectivity index (χ3v) is 5.32. The van der Waals surface area contributed by atoms with Crippen molar-refractivity contribution in [2.24, 2.45) is 16.6 Å². The van der Waals surface area contributed by atoms with Gasteiger partial charge in [0.2, 0.25) is 5.91 Å². The number of hydrogen-bond donors (Lipinski definition) is 2. The molecule has 6 nitrogen and oxygen atoms in total. The number of aliphatic imine (C=N–C) groups is 1. The van der Waals surface area contributed by atoms with Crippen LogP contribution in [0.1, 0.15) is 43.7 Å². The molecule has 1 aromatic rings. The summed E-state index contributed by atoms with van der Waals surface area (Å²) in [5, 5.41) is 3.37. The average molecular weight is 527 g/mol. The SMILES string of the molecule is C=CCCCN(C)C(=NCc1cccc(CN2CCCC(C(N)=O)C2)c1)NCC.I. The molecule has 0 radical (unpaired) electrons. The summed E-state index contributed by atoms with van der Waals surface area (Å²) in [5.74, 6) is 0.740. The van der Waals surface area contributed by atoms with Crippen LogP contribution in [0.2, 0.25) is 0 Å². The van der Waals surface area contributed by atoms with Gasteiger partial charge in [-0.2, -0.15) is 0 Å². The minimum absolute atomic E-state index is 0. The number of nitrogens with one attached hydrogen (secondary N) is 1. The minimum Gasteiger partial charge on any atom is -0.369 e. The number of amides is 1. The van der Waals surface area contributed by atoms with Gasteiger partial charge < -0.3 is 16.0 Å². The number of nitrogens with two attached hydrogens (primary N) is 1. The van der Waals surface area contributed by atoms with E-state index in [9.17, 15) is 4.79 Å². The number of guanidine groups is 1. The maximum Gasteiger partial charge on any atom is 0.221 e. The second kappa shape index (κ2) is 14.4. The topological polar surface area (TPSA) is 74.0 Å². The van der Waals surface area contributed by atoms with E-state index in [1.165, 1.54) is 11.1 Å². The lowest BCUT2D eigenvalue weighted by molar-refractivity contribution is -0.123. The Hall–Kier alpha value is -1.61. The molecule has 0 aliphatic carbocycles. The number of unbranched alkanes of at least 4 members (excludes halogenated alkanes) is 1. The fraction of sp³-hybridized carbons (Fsp3) is 0.565. The number of benzene rings is 1. The summed E-state index contributed by atoms with van der Waals surface area (Å²) in [4.78, 5) is 20.8. The van der Waals surface area contributed by atoms with Crippen LogP contribution in [-0.2, 0) is 17.9 Å². The number of allylic oxidation sites excluding steroid dienone is 1. The predicted octanol–water partition coefficient (Wildman–Crippen LogP) is 3.37. The second-order valence-electron chi connectivity index (χ2n) is 7.82. The van der Waals surface area contributed by atoms with Crippen molar-refractivity contribution in [3.05, 3.63) is 48.0 Å². The van der Waals surface area contributed by atoms with Crippen molar-refractivity contribution in [3.8, 4) is 0 Å². The number of carbonyl (C=O) groups is 1. The molecule has 1 heterocycles. The number of hydrogen-bond acceptors (Lipinski definition) is 3. The first-order chi connectivity index (χ1) is 14.0. The Morgan fingerprint density at radius 3 is 2.90 bits per heavy atom. The van der Waals surface area contributed by atoms with Gasteiger partial charge in [-0.15, -0.1) is 30.6 Å². The summed E-state index contributed by atoms with van der Waals surface area (Å²) in [5.41, 5.74) is 7.96. The maximum atomic E-state index is 11.5. The van der Waals surface area contributed by atoms with E-state index in [2.05, 4.69) is 59.9 Å². The summed E-state index contributed by atoms with van der Waals surface area (Å²) >= 11 is 0.